The molecule has 90 valence electrons. The van der Waals surface area contributed by atoms with E-state index in [4.69, 9.17) is 10.2 Å². The molecule has 4 nitrogen and oxygen atoms in total. The van der Waals surface area contributed by atoms with Gasteiger partial charge in [-0.1, -0.05) is 0 Å². The fourth-order valence-corrected chi connectivity index (χ4v) is 1.96. The van der Waals surface area contributed by atoms with Crippen LogP contribution < -0.4 is 10.5 Å². The highest BCUT2D eigenvalue weighted by Crippen LogP contribution is 2.24. The molecule has 0 saturated carbocycles. The van der Waals surface area contributed by atoms with Gasteiger partial charge < -0.3 is 10.2 Å². The Balaban J connectivity index is 2.25. The summed E-state index contributed by atoms with van der Waals surface area (Å²) >= 11 is 0. The summed E-state index contributed by atoms with van der Waals surface area (Å²) in [5.41, 5.74) is 4.42. The summed E-state index contributed by atoms with van der Waals surface area (Å²) < 4.78 is 45.1. The van der Waals surface area contributed by atoms with Crippen LogP contribution in [-0.4, -0.2) is 4.21 Å². The van der Waals surface area contributed by atoms with Crippen LogP contribution in [0.1, 0.15) is 0 Å². The Bertz CT molecular complexity index is 558. The zero-order valence-electron chi connectivity index (χ0n) is 8.44. The second-order valence-electron chi connectivity index (χ2n) is 3.15. The van der Waals surface area contributed by atoms with Crippen molar-refractivity contribution in [1.82, 2.24) is 0 Å². The molecule has 0 radical (unpaired) electrons. The molecule has 7 heteroatoms. The van der Waals surface area contributed by atoms with Gasteiger partial charge in [-0.05, 0) is 18.2 Å². The number of rotatable bonds is 3. The zero-order valence-corrected chi connectivity index (χ0v) is 9.26. The lowest BCUT2D eigenvalue weighted by Gasteiger charge is -2.07. The lowest BCUT2D eigenvalue weighted by Crippen LogP contribution is -2.07. The van der Waals surface area contributed by atoms with E-state index in [0.29, 0.717) is 4.90 Å². The van der Waals surface area contributed by atoms with Crippen molar-refractivity contribution < 1.29 is 17.4 Å². The van der Waals surface area contributed by atoms with E-state index in [1.165, 1.54) is 18.6 Å². The monoisotopic (exact) mass is 258 g/mol. The molecule has 0 amide bonds. The first-order valence-electron chi connectivity index (χ1n) is 4.53. The van der Waals surface area contributed by atoms with E-state index >= 15 is 0 Å². The molecule has 2 rings (SSSR count). The third kappa shape index (κ3) is 2.28. The summed E-state index contributed by atoms with van der Waals surface area (Å²) in [5, 5.41) is 0. The van der Waals surface area contributed by atoms with Crippen LogP contribution in [-0.2, 0) is 11.0 Å². The minimum Gasteiger partial charge on any atom is -0.471 e. The quantitative estimate of drug-likeness (QED) is 0.830. The zero-order chi connectivity index (χ0) is 12.4. The summed E-state index contributed by atoms with van der Waals surface area (Å²) in [7, 11) is -1.69. The fourth-order valence-electron chi connectivity index (χ4n) is 1.16. The third-order valence-electron chi connectivity index (χ3n) is 2.04. The third-order valence-corrected chi connectivity index (χ3v) is 3.10. The highest BCUT2D eigenvalue weighted by Gasteiger charge is 2.13. The first kappa shape index (κ1) is 11.6. The van der Waals surface area contributed by atoms with Crippen LogP contribution in [0.5, 0.6) is 0 Å². The van der Waals surface area contributed by atoms with E-state index < -0.39 is 28.3 Å². The van der Waals surface area contributed by atoms with Crippen LogP contribution in [0.2, 0.25) is 0 Å². The lowest BCUT2D eigenvalue weighted by molar-refractivity contribution is 0.561. The normalized spacial score (nSPS) is 12.4. The maximum absolute atomic E-state index is 13.5. The van der Waals surface area contributed by atoms with Crippen LogP contribution >= 0.6 is 0 Å². The first-order chi connectivity index (χ1) is 8.09. The van der Waals surface area contributed by atoms with Crippen LogP contribution in [0.3, 0.4) is 0 Å². The standard InChI is InChI=1S/C10H8F2N2O2S/c11-7-1-2-8(9(12)10(7)13)14-17(15)6-3-4-16-5-6/h1-5,14H,13H2. The summed E-state index contributed by atoms with van der Waals surface area (Å²) in [6, 6.07) is 3.58. The van der Waals surface area contributed by atoms with Gasteiger partial charge in [-0.3, -0.25) is 4.72 Å². The molecule has 1 aromatic heterocycles. The smallest absolute Gasteiger partial charge is 0.173 e. The van der Waals surface area contributed by atoms with Gasteiger partial charge in [0.15, 0.2) is 16.8 Å². The molecule has 0 fully saturated rings. The van der Waals surface area contributed by atoms with E-state index in [-0.39, 0.29) is 5.69 Å². The predicted octanol–water partition coefficient (Wildman–Crippen LogP) is 2.27. The molecule has 1 aromatic carbocycles. The van der Waals surface area contributed by atoms with Crippen molar-refractivity contribution in [2.45, 2.75) is 4.90 Å². The van der Waals surface area contributed by atoms with Crippen LogP contribution in [0.4, 0.5) is 20.2 Å². The van der Waals surface area contributed by atoms with Gasteiger partial charge in [0.25, 0.3) is 0 Å². The molecule has 1 atom stereocenters. The molecule has 1 unspecified atom stereocenters. The summed E-state index contributed by atoms with van der Waals surface area (Å²) in [5.74, 6) is -1.83. The van der Waals surface area contributed by atoms with Gasteiger partial charge in [-0.25, -0.2) is 13.0 Å². The second kappa shape index (κ2) is 4.54. The molecular weight excluding hydrogens is 250 g/mol. The van der Waals surface area contributed by atoms with Gasteiger partial charge in [0.1, 0.15) is 17.8 Å². The van der Waals surface area contributed by atoms with Crippen molar-refractivity contribution >= 4 is 22.4 Å². The molecular formula is C10H8F2N2O2S. The molecule has 0 spiro atoms. The molecule has 0 aliphatic carbocycles. The number of anilines is 2. The lowest BCUT2D eigenvalue weighted by atomic mass is 10.2. The number of nitrogens with two attached hydrogens (primary N) is 1. The van der Waals surface area contributed by atoms with Crippen molar-refractivity contribution in [3.8, 4) is 0 Å². The Morgan fingerprint density at radius 3 is 2.71 bits per heavy atom. The number of hydrogen-bond acceptors (Lipinski definition) is 3. The van der Waals surface area contributed by atoms with Gasteiger partial charge in [0.05, 0.1) is 16.8 Å². The molecule has 0 saturated heterocycles. The number of nitrogen functional groups attached to an aromatic ring is 1. The number of benzene rings is 1. The Morgan fingerprint density at radius 1 is 1.29 bits per heavy atom. The Morgan fingerprint density at radius 2 is 2.06 bits per heavy atom. The Labute approximate surface area is 98.0 Å². The Kier molecular flexibility index (Phi) is 3.10. The molecule has 2 aromatic rings. The predicted molar refractivity (Wildman–Crippen MR) is 59.5 cm³/mol. The SMILES string of the molecule is Nc1c(F)ccc(NS(=O)c2ccoc2)c1F. The van der Waals surface area contributed by atoms with E-state index in [1.807, 2.05) is 0 Å². The van der Waals surface area contributed by atoms with Gasteiger partial charge in [0.2, 0.25) is 0 Å². The van der Waals surface area contributed by atoms with E-state index in [1.54, 1.807) is 0 Å². The van der Waals surface area contributed by atoms with Gasteiger partial charge >= 0.3 is 0 Å². The number of furan rings is 1. The maximum Gasteiger partial charge on any atom is 0.173 e. The molecule has 0 aliphatic rings. The largest absolute Gasteiger partial charge is 0.471 e. The van der Waals surface area contributed by atoms with Crippen LogP contribution in [0.15, 0.2) is 40.0 Å². The van der Waals surface area contributed by atoms with E-state index in [2.05, 4.69) is 4.72 Å². The molecule has 3 N–H and O–H groups in total. The minimum atomic E-state index is -1.69. The number of hydrogen-bond donors (Lipinski definition) is 2. The van der Waals surface area contributed by atoms with Crippen LogP contribution in [0, 0.1) is 11.6 Å². The van der Waals surface area contributed by atoms with Crippen molar-refractivity contribution in [3.63, 3.8) is 0 Å². The maximum atomic E-state index is 13.5. The van der Waals surface area contributed by atoms with Crippen molar-refractivity contribution in [1.29, 1.82) is 0 Å². The highest BCUT2D eigenvalue weighted by molar-refractivity contribution is 7.86. The molecule has 0 aliphatic heterocycles. The van der Waals surface area contributed by atoms with Crippen molar-refractivity contribution in [2.24, 2.45) is 0 Å². The molecule has 1 heterocycles. The summed E-state index contributed by atoms with van der Waals surface area (Å²) in [4.78, 5) is 0.340. The number of nitrogens with one attached hydrogen (secondary N) is 1. The minimum absolute atomic E-state index is 0.136. The average molecular weight is 258 g/mol. The van der Waals surface area contributed by atoms with E-state index in [0.717, 1.165) is 12.1 Å². The van der Waals surface area contributed by atoms with Gasteiger partial charge in [0, 0.05) is 0 Å². The number of halogens is 2. The fraction of sp³-hybridized carbons (Fsp3) is 0. The van der Waals surface area contributed by atoms with Gasteiger partial charge in [-0.15, -0.1) is 0 Å². The van der Waals surface area contributed by atoms with Gasteiger partial charge in [-0.2, -0.15) is 0 Å². The molecule has 17 heavy (non-hydrogen) atoms. The highest BCUT2D eigenvalue weighted by atomic mass is 32.2. The van der Waals surface area contributed by atoms with Crippen LogP contribution in [0.25, 0.3) is 0 Å². The average Bonchev–Trinajstić information content (AvgIpc) is 2.83. The first-order valence-corrected chi connectivity index (χ1v) is 5.68. The Hall–Kier alpha value is -1.89. The van der Waals surface area contributed by atoms with E-state index in [9.17, 15) is 13.0 Å². The summed E-state index contributed by atoms with van der Waals surface area (Å²) in [6.07, 6.45) is 2.60. The van der Waals surface area contributed by atoms with Crippen molar-refractivity contribution in [3.05, 3.63) is 42.4 Å². The molecule has 0 bridgehead atoms. The second-order valence-corrected chi connectivity index (χ2v) is 4.37. The topological polar surface area (TPSA) is 68.3 Å². The van der Waals surface area contributed by atoms with Crippen molar-refractivity contribution in [2.75, 3.05) is 10.5 Å². The summed E-state index contributed by atoms with van der Waals surface area (Å²) in [6.45, 7) is 0.